The second-order valence-electron chi connectivity index (χ2n) is 10.5. The molecule has 0 unspecified atom stereocenters. The minimum atomic E-state index is -4.56. The number of esters is 1. The molecule has 0 aliphatic heterocycles. The summed E-state index contributed by atoms with van der Waals surface area (Å²) >= 11 is 11.7. The van der Waals surface area contributed by atoms with E-state index in [2.05, 4.69) is 4.98 Å². The summed E-state index contributed by atoms with van der Waals surface area (Å²) in [7, 11) is 0. The third-order valence-electron chi connectivity index (χ3n) is 7.39. The van der Waals surface area contributed by atoms with Gasteiger partial charge in [-0.2, -0.15) is 13.2 Å². The number of aromatic nitrogens is 2. The quantitative estimate of drug-likeness (QED) is 0.274. The third kappa shape index (κ3) is 7.84. The number of carbonyl (C=O) groups excluding carboxylic acids is 1. The highest BCUT2D eigenvalue weighted by Crippen LogP contribution is 2.37. The van der Waals surface area contributed by atoms with E-state index in [0.29, 0.717) is 6.07 Å². The second kappa shape index (κ2) is 13.9. The molecule has 236 valence electrons. The van der Waals surface area contributed by atoms with Gasteiger partial charge in [0.1, 0.15) is 11.5 Å². The number of ether oxygens (including phenoxy) is 2. The van der Waals surface area contributed by atoms with Gasteiger partial charge in [0.15, 0.2) is 6.10 Å². The van der Waals surface area contributed by atoms with Crippen LogP contribution in [0.3, 0.4) is 0 Å². The Morgan fingerprint density at radius 2 is 1.70 bits per heavy atom. The van der Waals surface area contributed by atoms with Gasteiger partial charge < -0.3 is 19.6 Å². The maximum absolute atomic E-state index is 12.7. The van der Waals surface area contributed by atoms with Gasteiger partial charge in [0.05, 0.1) is 21.2 Å². The number of alkyl halides is 3. The number of hydrogen-bond donors (Lipinski definition) is 2. The maximum atomic E-state index is 12.7. The monoisotopic (exact) mass is 656 g/mol. The van der Waals surface area contributed by atoms with Crippen molar-refractivity contribution in [2.45, 2.75) is 76.6 Å². The summed E-state index contributed by atoms with van der Waals surface area (Å²) in [5.41, 5.74) is 0.408. The van der Waals surface area contributed by atoms with E-state index in [1.54, 1.807) is 0 Å². The Morgan fingerprint density at radius 1 is 1.00 bits per heavy atom. The molecule has 1 aromatic heterocycles. The SMILES string of the molecule is C[C@H](OC(=O)c1cc(Oc2ccc(C(F)(F)F)cc2Cl)ccc1Cl)C(=O)O.O=c1[nH]c2c(c(=O)n1C1CCCCC1)CCC2. The molecular formula is C30H29Cl2F3N2O7. The molecule has 14 heteroatoms. The van der Waals surface area contributed by atoms with Crippen molar-refractivity contribution in [3.63, 3.8) is 0 Å². The van der Waals surface area contributed by atoms with Crippen LogP contribution in [0.1, 0.15) is 78.7 Å². The van der Waals surface area contributed by atoms with Crippen molar-refractivity contribution in [1.29, 1.82) is 0 Å². The molecule has 5 rings (SSSR count). The highest BCUT2D eigenvalue weighted by molar-refractivity contribution is 6.33. The number of H-pyrrole nitrogens is 1. The highest BCUT2D eigenvalue weighted by Gasteiger charge is 2.31. The molecule has 0 saturated heterocycles. The Kier molecular flexibility index (Phi) is 10.5. The molecule has 0 spiro atoms. The van der Waals surface area contributed by atoms with Crippen LogP contribution in [0.4, 0.5) is 13.2 Å². The molecule has 2 aliphatic carbocycles. The molecule has 2 aliphatic rings. The predicted molar refractivity (Wildman–Crippen MR) is 156 cm³/mol. The zero-order valence-electron chi connectivity index (χ0n) is 23.5. The average Bonchev–Trinajstić information content (AvgIpc) is 3.44. The summed E-state index contributed by atoms with van der Waals surface area (Å²) in [6.07, 6.45) is 2.17. The number of nitrogens with one attached hydrogen (secondary N) is 1. The van der Waals surface area contributed by atoms with Gasteiger partial charge in [-0.3, -0.25) is 9.36 Å². The molecule has 3 aromatic rings. The number of carboxylic acids is 1. The highest BCUT2D eigenvalue weighted by atomic mass is 35.5. The minimum Gasteiger partial charge on any atom is -0.479 e. The number of benzene rings is 2. The van der Waals surface area contributed by atoms with E-state index in [9.17, 15) is 32.3 Å². The summed E-state index contributed by atoms with van der Waals surface area (Å²) in [6.45, 7) is 1.16. The van der Waals surface area contributed by atoms with Gasteiger partial charge in [0, 0.05) is 17.3 Å². The normalized spacial score (nSPS) is 15.5. The second-order valence-corrected chi connectivity index (χ2v) is 11.3. The van der Waals surface area contributed by atoms with Crippen molar-refractivity contribution >= 4 is 35.1 Å². The summed E-state index contributed by atoms with van der Waals surface area (Å²) in [6, 6.07) is 6.46. The molecule has 0 bridgehead atoms. The molecule has 44 heavy (non-hydrogen) atoms. The van der Waals surface area contributed by atoms with Crippen molar-refractivity contribution < 1.29 is 37.3 Å². The first-order chi connectivity index (χ1) is 20.8. The number of carbonyl (C=O) groups is 2. The van der Waals surface area contributed by atoms with Crippen LogP contribution < -0.4 is 16.0 Å². The van der Waals surface area contributed by atoms with Gasteiger partial charge in [-0.25, -0.2) is 14.4 Å². The van der Waals surface area contributed by atoms with E-state index >= 15 is 0 Å². The van der Waals surface area contributed by atoms with Crippen molar-refractivity contribution in [3.8, 4) is 11.5 Å². The third-order valence-corrected chi connectivity index (χ3v) is 8.01. The van der Waals surface area contributed by atoms with E-state index in [1.165, 1.54) is 23.1 Å². The first-order valence-corrected chi connectivity index (χ1v) is 14.7. The number of halogens is 5. The van der Waals surface area contributed by atoms with Gasteiger partial charge >= 0.3 is 23.8 Å². The molecule has 1 atom stereocenters. The molecular weight excluding hydrogens is 628 g/mol. The molecule has 1 fully saturated rings. The summed E-state index contributed by atoms with van der Waals surface area (Å²) < 4.78 is 49.6. The van der Waals surface area contributed by atoms with E-state index in [4.69, 9.17) is 37.8 Å². The van der Waals surface area contributed by atoms with Gasteiger partial charge in [0.25, 0.3) is 5.56 Å². The molecule has 2 aromatic carbocycles. The van der Waals surface area contributed by atoms with Crippen LogP contribution >= 0.6 is 23.2 Å². The molecule has 0 radical (unpaired) electrons. The molecule has 1 saturated carbocycles. The maximum Gasteiger partial charge on any atom is 0.416 e. The van der Waals surface area contributed by atoms with Crippen molar-refractivity contribution in [2.75, 3.05) is 0 Å². The number of rotatable bonds is 6. The number of aliphatic carboxylic acids is 1. The number of nitrogens with zero attached hydrogens (tertiary/aromatic N) is 1. The number of aryl methyl sites for hydroxylation is 1. The van der Waals surface area contributed by atoms with E-state index in [1.807, 2.05) is 0 Å². The Bertz CT molecular complexity index is 1660. The molecule has 0 amide bonds. The average molecular weight is 657 g/mol. The van der Waals surface area contributed by atoms with Crippen LogP contribution in [0.5, 0.6) is 11.5 Å². The van der Waals surface area contributed by atoms with Gasteiger partial charge in [-0.05, 0) is 75.4 Å². The van der Waals surface area contributed by atoms with Crippen LogP contribution in [0.2, 0.25) is 10.0 Å². The zero-order valence-corrected chi connectivity index (χ0v) is 25.0. The first-order valence-electron chi connectivity index (χ1n) is 13.9. The smallest absolute Gasteiger partial charge is 0.416 e. The van der Waals surface area contributed by atoms with Crippen LogP contribution in [0.15, 0.2) is 46.0 Å². The Hall–Kier alpha value is -3.77. The van der Waals surface area contributed by atoms with E-state index < -0.39 is 29.8 Å². The number of aromatic amines is 1. The molecule has 9 nitrogen and oxygen atoms in total. The lowest BCUT2D eigenvalue weighted by Gasteiger charge is -2.23. The summed E-state index contributed by atoms with van der Waals surface area (Å²) in [5.74, 6) is -2.39. The standard InChI is InChI=1S/C17H11Cl2F3O5.C13H18N2O2/c1-8(15(23)24)26-16(25)11-7-10(3-4-12(11)18)27-14-5-2-9(6-13(14)19)17(20,21)22;16-12-10-7-4-8-11(10)14-13(17)15(12)9-5-2-1-3-6-9/h2-8H,1H3,(H,23,24);9H,1-8H2,(H,14,17)/t8-;/m0./s1. The van der Waals surface area contributed by atoms with Crippen molar-refractivity contribution in [3.05, 3.63) is 89.7 Å². The van der Waals surface area contributed by atoms with Crippen molar-refractivity contribution in [2.24, 2.45) is 0 Å². The van der Waals surface area contributed by atoms with E-state index in [0.717, 1.165) is 81.3 Å². The lowest BCUT2D eigenvalue weighted by atomic mass is 9.95. The Morgan fingerprint density at radius 3 is 2.34 bits per heavy atom. The fraction of sp³-hybridized carbons (Fsp3) is 0.400. The predicted octanol–water partition coefficient (Wildman–Crippen LogP) is 6.96. The molecule has 2 N–H and O–H groups in total. The largest absolute Gasteiger partial charge is 0.479 e. The summed E-state index contributed by atoms with van der Waals surface area (Å²) in [5, 5.41) is 8.46. The number of carboxylic acid groups (broad SMARTS) is 1. The topological polar surface area (TPSA) is 128 Å². The van der Waals surface area contributed by atoms with Crippen LogP contribution in [-0.4, -0.2) is 32.7 Å². The van der Waals surface area contributed by atoms with Gasteiger partial charge in [-0.1, -0.05) is 42.5 Å². The lowest BCUT2D eigenvalue weighted by Crippen LogP contribution is -2.40. The number of hydrogen-bond acceptors (Lipinski definition) is 6. The molecule has 1 heterocycles. The van der Waals surface area contributed by atoms with Gasteiger partial charge in [-0.15, -0.1) is 0 Å². The van der Waals surface area contributed by atoms with Crippen LogP contribution in [0, 0.1) is 0 Å². The fourth-order valence-electron chi connectivity index (χ4n) is 5.10. The van der Waals surface area contributed by atoms with Gasteiger partial charge in [0.2, 0.25) is 0 Å². The van der Waals surface area contributed by atoms with E-state index in [-0.39, 0.29) is 44.4 Å². The first kappa shape index (κ1) is 33.1. The van der Waals surface area contributed by atoms with Crippen LogP contribution in [-0.2, 0) is 28.5 Å². The number of fused-ring (bicyclic) bond motifs is 1. The fourth-order valence-corrected chi connectivity index (χ4v) is 5.51. The summed E-state index contributed by atoms with van der Waals surface area (Å²) in [4.78, 5) is 50.0. The minimum absolute atomic E-state index is 0.0202. The van der Waals surface area contributed by atoms with Crippen molar-refractivity contribution in [1.82, 2.24) is 9.55 Å². The van der Waals surface area contributed by atoms with Crippen LogP contribution in [0.25, 0.3) is 0 Å². The Labute approximate surface area is 259 Å². The Balaban J connectivity index is 0.000000221. The lowest BCUT2D eigenvalue weighted by molar-refractivity contribution is -0.146. The zero-order chi connectivity index (χ0) is 32.2.